The molecule has 5 rings (SSSR count). The molecule has 1 amide bonds. The van der Waals surface area contributed by atoms with Crippen LogP contribution in [-0.2, 0) is 16.8 Å². The Morgan fingerprint density at radius 2 is 2.03 bits per heavy atom. The molecule has 162 valence electrons. The molecule has 2 atom stereocenters. The fourth-order valence-electron chi connectivity index (χ4n) is 5.31. The maximum Gasteiger partial charge on any atom is 0.321 e. The van der Waals surface area contributed by atoms with Crippen molar-refractivity contribution < 1.29 is 14.3 Å². The fourth-order valence-corrected chi connectivity index (χ4v) is 5.31. The van der Waals surface area contributed by atoms with Gasteiger partial charge in [-0.3, -0.25) is 4.79 Å². The van der Waals surface area contributed by atoms with E-state index in [4.69, 9.17) is 9.47 Å². The monoisotopic (exact) mass is 420 g/mol. The first-order valence-electron chi connectivity index (χ1n) is 10.9. The zero-order valence-corrected chi connectivity index (χ0v) is 18.1. The second-order valence-corrected chi connectivity index (χ2v) is 8.62. The summed E-state index contributed by atoms with van der Waals surface area (Å²) in [4.78, 5) is 25.2. The van der Waals surface area contributed by atoms with Gasteiger partial charge in [0.15, 0.2) is 0 Å². The summed E-state index contributed by atoms with van der Waals surface area (Å²) in [7, 11) is 1.58. The van der Waals surface area contributed by atoms with E-state index in [0.717, 1.165) is 30.6 Å². The normalized spacial score (nSPS) is 24.4. The van der Waals surface area contributed by atoms with Gasteiger partial charge in [0.05, 0.1) is 12.7 Å². The van der Waals surface area contributed by atoms with E-state index in [1.54, 1.807) is 7.11 Å². The van der Waals surface area contributed by atoms with Gasteiger partial charge in [-0.05, 0) is 42.4 Å². The lowest BCUT2D eigenvalue weighted by molar-refractivity contribution is -0.126. The number of carbonyl (C=O) groups is 1. The van der Waals surface area contributed by atoms with Gasteiger partial charge in [-0.2, -0.15) is 9.97 Å². The molecule has 0 saturated carbocycles. The number of methoxy groups -OCH3 is 1. The smallest absolute Gasteiger partial charge is 0.321 e. The number of nitrogens with zero attached hydrogens (tertiary/aromatic N) is 4. The number of amides is 1. The van der Waals surface area contributed by atoms with Gasteiger partial charge in [0.2, 0.25) is 11.8 Å². The lowest BCUT2D eigenvalue weighted by atomic mass is 9.86. The van der Waals surface area contributed by atoms with Gasteiger partial charge in [-0.25, -0.2) is 0 Å². The molecular formula is C24H28N4O3. The van der Waals surface area contributed by atoms with E-state index in [9.17, 15) is 4.79 Å². The molecule has 1 spiro atoms. The van der Waals surface area contributed by atoms with Crippen LogP contribution in [0.15, 0.2) is 36.9 Å². The van der Waals surface area contributed by atoms with Crippen molar-refractivity contribution in [3.8, 4) is 11.9 Å². The molecule has 1 aromatic carbocycles. The van der Waals surface area contributed by atoms with Gasteiger partial charge in [-0.15, -0.1) is 0 Å². The fraction of sp³-hybridized carbons (Fsp3) is 0.458. The van der Waals surface area contributed by atoms with E-state index in [0.29, 0.717) is 44.0 Å². The average Bonchev–Trinajstić information content (AvgIpc) is 3.08. The topological polar surface area (TPSA) is 67.8 Å². The van der Waals surface area contributed by atoms with E-state index in [-0.39, 0.29) is 11.5 Å². The third-order valence-corrected chi connectivity index (χ3v) is 6.86. The van der Waals surface area contributed by atoms with Crippen LogP contribution < -0.4 is 14.4 Å². The highest BCUT2D eigenvalue weighted by Gasteiger charge is 2.47. The van der Waals surface area contributed by atoms with Crippen molar-refractivity contribution in [2.45, 2.75) is 37.7 Å². The van der Waals surface area contributed by atoms with Crippen molar-refractivity contribution in [2.75, 3.05) is 38.2 Å². The third kappa shape index (κ3) is 3.23. The minimum atomic E-state index is -0.339. The number of carbonyl (C=O) groups excluding carboxylic acids is 1. The maximum atomic E-state index is 11.9. The molecular weight excluding hydrogens is 392 g/mol. The maximum absolute atomic E-state index is 11.9. The molecule has 1 saturated heterocycles. The average molecular weight is 421 g/mol. The Hall–Kier alpha value is -3.09. The van der Waals surface area contributed by atoms with E-state index < -0.39 is 0 Å². The first-order chi connectivity index (χ1) is 15.0. The second-order valence-electron chi connectivity index (χ2n) is 8.62. The number of benzene rings is 1. The standard InChI is InChI=1S/C24H28N4O3/c1-4-20(29)27-11-13-28(14-12-27)21-18-9-10-24(31-22(18)26-23(25-21)30-3)15-16(2)17-7-5-6-8-19(17)24/h4-8,16H,1,9-15H2,2-3H3. The van der Waals surface area contributed by atoms with E-state index in [1.807, 2.05) is 4.90 Å². The summed E-state index contributed by atoms with van der Waals surface area (Å²) in [6.07, 6.45) is 4.08. The number of fused-ring (bicyclic) bond motifs is 3. The predicted molar refractivity (Wildman–Crippen MR) is 118 cm³/mol. The molecule has 1 aromatic heterocycles. The van der Waals surface area contributed by atoms with Crippen LogP contribution in [0.1, 0.15) is 42.4 Å². The Morgan fingerprint density at radius 3 is 2.77 bits per heavy atom. The summed E-state index contributed by atoms with van der Waals surface area (Å²) >= 11 is 0. The van der Waals surface area contributed by atoms with Crippen molar-refractivity contribution >= 4 is 11.7 Å². The third-order valence-electron chi connectivity index (χ3n) is 6.86. The summed E-state index contributed by atoms with van der Waals surface area (Å²) in [6, 6.07) is 8.91. The molecule has 7 nitrogen and oxygen atoms in total. The number of hydrogen-bond acceptors (Lipinski definition) is 6. The Labute approximate surface area is 182 Å². The second kappa shape index (κ2) is 7.55. The van der Waals surface area contributed by atoms with Crippen molar-refractivity contribution in [1.29, 1.82) is 0 Å². The van der Waals surface area contributed by atoms with Crippen LogP contribution in [0.25, 0.3) is 0 Å². The Balaban J connectivity index is 1.47. The Bertz CT molecular complexity index is 1030. The number of rotatable bonds is 3. The molecule has 31 heavy (non-hydrogen) atoms. The van der Waals surface area contributed by atoms with Gasteiger partial charge < -0.3 is 19.3 Å². The molecule has 7 heteroatoms. The number of anilines is 1. The van der Waals surface area contributed by atoms with Crippen LogP contribution in [-0.4, -0.2) is 54.1 Å². The molecule has 2 aliphatic heterocycles. The van der Waals surface area contributed by atoms with Gasteiger partial charge >= 0.3 is 6.01 Å². The zero-order valence-electron chi connectivity index (χ0n) is 18.1. The van der Waals surface area contributed by atoms with Crippen LogP contribution in [0.2, 0.25) is 0 Å². The van der Waals surface area contributed by atoms with E-state index >= 15 is 0 Å². The highest BCUT2D eigenvalue weighted by molar-refractivity contribution is 5.87. The molecule has 1 fully saturated rings. The molecule has 0 radical (unpaired) electrons. The number of aromatic nitrogens is 2. The molecule has 2 unspecified atom stereocenters. The van der Waals surface area contributed by atoms with Crippen molar-refractivity contribution in [3.05, 3.63) is 53.6 Å². The van der Waals surface area contributed by atoms with Crippen LogP contribution >= 0.6 is 0 Å². The van der Waals surface area contributed by atoms with Crippen LogP contribution in [0.4, 0.5) is 5.82 Å². The highest BCUT2D eigenvalue weighted by Crippen LogP contribution is 2.52. The summed E-state index contributed by atoms with van der Waals surface area (Å²) in [6.45, 7) is 8.55. The number of hydrogen-bond donors (Lipinski definition) is 0. The molecule has 1 aliphatic carbocycles. The van der Waals surface area contributed by atoms with Gasteiger partial charge in [0.1, 0.15) is 11.4 Å². The van der Waals surface area contributed by atoms with Crippen LogP contribution in [0, 0.1) is 0 Å². The van der Waals surface area contributed by atoms with Gasteiger partial charge in [0.25, 0.3) is 0 Å². The zero-order chi connectivity index (χ0) is 21.6. The van der Waals surface area contributed by atoms with Crippen molar-refractivity contribution in [3.63, 3.8) is 0 Å². The van der Waals surface area contributed by atoms with Gasteiger partial charge in [-0.1, -0.05) is 37.8 Å². The molecule has 0 bridgehead atoms. The Kier molecular flexibility index (Phi) is 4.84. The van der Waals surface area contributed by atoms with E-state index in [2.05, 4.69) is 52.6 Å². The van der Waals surface area contributed by atoms with E-state index in [1.165, 1.54) is 17.2 Å². The highest BCUT2D eigenvalue weighted by atomic mass is 16.5. The minimum Gasteiger partial charge on any atom is -0.467 e. The first-order valence-corrected chi connectivity index (χ1v) is 10.9. The first kappa shape index (κ1) is 19.8. The molecule has 0 N–H and O–H groups in total. The number of ether oxygens (including phenoxy) is 2. The summed E-state index contributed by atoms with van der Waals surface area (Å²) in [5.41, 5.74) is 3.35. The SMILES string of the molecule is C=CC(=O)N1CCN(c2nc(OC)nc3c2CCC2(CC(C)c4ccccc42)O3)CC1. The lowest BCUT2D eigenvalue weighted by Gasteiger charge is -2.39. The van der Waals surface area contributed by atoms with Crippen LogP contribution in [0.5, 0.6) is 11.9 Å². The predicted octanol–water partition coefficient (Wildman–Crippen LogP) is 3.05. The molecule has 3 aliphatic rings. The summed E-state index contributed by atoms with van der Waals surface area (Å²) in [5.74, 6) is 1.92. The minimum absolute atomic E-state index is 0.0266. The van der Waals surface area contributed by atoms with Gasteiger partial charge in [0, 0.05) is 26.2 Å². The largest absolute Gasteiger partial charge is 0.467 e. The Morgan fingerprint density at radius 1 is 1.26 bits per heavy atom. The number of piperazine rings is 1. The molecule has 3 heterocycles. The molecule has 2 aromatic rings. The van der Waals surface area contributed by atoms with Crippen LogP contribution in [0.3, 0.4) is 0 Å². The van der Waals surface area contributed by atoms with Crippen molar-refractivity contribution in [2.24, 2.45) is 0 Å². The lowest BCUT2D eigenvalue weighted by Crippen LogP contribution is -2.49. The quantitative estimate of drug-likeness (QED) is 0.711. The summed E-state index contributed by atoms with van der Waals surface area (Å²) < 4.78 is 12.1. The van der Waals surface area contributed by atoms with Crippen molar-refractivity contribution in [1.82, 2.24) is 14.9 Å². The summed E-state index contributed by atoms with van der Waals surface area (Å²) in [5, 5.41) is 0.